The maximum atomic E-state index is 12.4. The van der Waals surface area contributed by atoms with E-state index in [9.17, 15) is 4.79 Å². The van der Waals surface area contributed by atoms with Crippen molar-refractivity contribution in [3.63, 3.8) is 0 Å². The first kappa shape index (κ1) is 17.7. The smallest absolute Gasteiger partial charge is 0.410 e. The van der Waals surface area contributed by atoms with Crippen molar-refractivity contribution in [2.24, 2.45) is 0 Å². The van der Waals surface area contributed by atoms with Crippen molar-refractivity contribution in [3.05, 3.63) is 41.5 Å². The van der Waals surface area contributed by atoms with E-state index in [1.807, 2.05) is 30.0 Å². The molecule has 2 saturated heterocycles. The molecule has 2 atom stereocenters. The molecule has 2 fully saturated rings. The number of nitrogens with zero attached hydrogens (tertiary/aromatic N) is 3. The zero-order chi connectivity index (χ0) is 19.0. The number of carbonyl (C=O) groups excluding carboxylic acids is 1. The Morgan fingerprint density at radius 1 is 1.22 bits per heavy atom. The predicted molar refractivity (Wildman–Crippen MR) is 97.7 cm³/mol. The molecule has 0 spiro atoms. The number of ether oxygens (including phenoxy) is 3. The summed E-state index contributed by atoms with van der Waals surface area (Å²) in [5.74, 6) is 1.32. The SMILES string of the molecule is COc1ccc(CN2C(=O)O[C@@H]3CN(Cc4nc[nH]c4C)C[C@@H]32)cc1OC. The van der Waals surface area contributed by atoms with Crippen LogP contribution in [0.1, 0.15) is 17.0 Å². The fraction of sp³-hybridized carbons (Fsp3) is 0.474. The molecule has 2 aliphatic rings. The number of amides is 1. The van der Waals surface area contributed by atoms with Crippen LogP contribution in [0.4, 0.5) is 4.79 Å². The number of fused-ring (bicyclic) bond motifs is 1. The van der Waals surface area contributed by atoms with E-state index < -0.39 is 0 Å². The van der Waals surface area contributed by atoms with E-state index in [0.717, 1.165) is 36.6 Å². The van der Waals surface area contributed by atoms with Crippen LogP contribution in [0.3, 0.4) is 0 Å². The maximum Gasteiger partial charge on any atom is 0.410 e. The number of aryl methyl sites for hydroxylation is 1. The Labute approximate surface area is 158 Å². The summed E-state index contributed by atoms with van der Waals surface area (Å²) in [5.41, 5.74) is 3.09. The number of carbonyl (C=O) groups is 1. The number of hydrogen-bond donors (Lipinski definition) is 1. The molecule has 8 heteroatoms. The van der Waals surface area contributed by atoms with E-state index in [-0.39, 0.29) is 18.2 Å². The van der Waals surface area contributed by atoms with E-state index >= 15 is 0 Å². The largest absolute Gasteiger partial charge is 0.493 e. The first-order valence-corrected chi connectivity index (χ1v) is 8.98. The standard InChI is InChI=1S/C19H24N4O4/c1-12-14(21-11-20-12)8-22-9-15-18(10-22)27-19(24)23(15)7-13-4-5-16(25-2)17(6-13)26-3/h4-6,11,15,18H,7-10H2,1-3H3,(H,20,21)/t15-,18+/m0/s1. The van der Waals surface area contributed by atoms with Crippen LogP contribution >= 0.6 is 0 Å². The third-order valence-electron chi connectivity index (χ3n) is 5.31. The zero-order valence-corrected chi connectivity index (χ0v) is 15.8. The first-order chi connectivity index (χ1) is 13.1. The molecule has 0 aliphatic carbocycles. The number of hydrogen-bond acceptors (Lipinski definition) is 6. The summed E-state index contributed by atoms with van der Waals surface area (Å²) in [6.07, 6.45) is 1.36. The summed E-state index contributed by atoms with van der Waals surface area (Å²) in [4.78, 5) is 23.9. The molecule has 1 amide bonds. The van der Waals surface area contributed by atoms with Crippen LogP contribution in [0.2, 0.25) is 0 Å². The Bertz CT molecular complexity index is 837. The van der Waals surface area contributed by atoms with Crippen LogP contribution < -0.4 is 9.47 Å². The van der Waals surface area contributed by atoms with E-state index in [1.54, 1.807) is 20.5 Å². The van der Waals surface area contributed by atoms with Crippen molar-refractivity contribution in [1.29, 1.82) is 0 Å². The number of H-pyrrole nitrogens is 1. The summed E-state index contributed by atoms with van der Waals surface area (Å²) in [5, 5.41) is 0. The van der Waals surface area contributed by atoms with Gasteiger partial charge in [0.15, 0.2) is 11.5 Å². The molecule has 0 bridgehead atoms. The minimum Gasteiger partial charge on any atom is -0.493 e. The number of aromatic nitrogens is 2. The normalized spacial score (nSPS) is 22.0. The second kappa shape index (κ2) is 7.11. The van der Waals surface area contributed by atoms with E-state index in [1.165, 1.54) is 0 Å². The number of benzene rings is 1. The van der Waals surface area contributed by atoms with Gasteiger partial charge < -0.3 is 19.2 Å². The van der Waals surface area contributed by atoms with Gasteiger partial charge in [-0.15, -0.1) is 0 Å². The third kappa shape index (κ3) is 3.32. The van der Waals surface area contributed by atoms with E-state index in [4.69, 9.17) is 14.2 Å². The minimum atomic E-state index is -0.254. The fourth-order valence-electron chi connectivity index (χ4n) is 3.83. The Hall–Kier alpha value is -2.74. The van der Waals surface area contributed by atoms with Gasteiger partial charge in [-0.3, -0.25) is 9.80 Å². The number of aromatic amines is 1. The minimum absolute atomic E-state index is 0.0462. The highest BCUT2D eigenvalue weighted by atomic mass is 16.6. The zero-order valence-electron chi connectivity index (χ0n) is 15.8. The van der Waals surface area contributed by atoms with Gasteiger partial charge in [0.25, 0.3) is 0 Å². The molecule has 144 valence electrons. The Morgan fingerprint density at radius 2 is 2.04 bits per heavy atom. The third-order valence-corrected chi connectivity index (χ3v) is 5.31. The van der Waals surface area contributed by atoms with Gasteiger partial charge in [0, 0.05) is 31.9 Å². The van der Waals surface area contributed by atoms with Gasteiger partial charge in [0.1, 0.15) is 6.10 Å². The molecule has 0 radical (unpaired) electrons. The topological polar surface area (TPSA) is 79.9 Å². The molecule has 2 aliphatic heterocycles. The van der Waals surface area contributed by atoms with Crippen LogP contribution in [0.15, 0.2) is 24.5 Å². The van der Waals surface area contributed by atoms with Crippen molar-refractivity contribution in [2.45, 2.75) is 32.2 Å². The van der Waals surface area contributed by atoms with Crippen molar-refractivity contribution < 1.29 is 19.0 Å². The lowest BCUT2D eigenvalue weighted by Crippen LogP contribution is -2.37. The Kier molecular flexibility index (Phi) is 4.65. The van der Waals surface area contributed by atoms with Gasteiger partial charge in [-0.1, -0.05) is 6.07 Å². The van der Waals surface area contributed by atoms with Crippen molar-refractivity contribution in [2.75, 3.05) is 27.3 Å². The van der Waals surface area contributed by atoms with Crippen LogP contribution in [0.25, 0.3) is 0 Å². The monoisotopic (exact) mass is 372 g/mol. The Morgan fingerprint density at radius 3 is 2.74 bits per heavy atom. The number of likely N-dealkylation sites (tertiary alicyclic amines) is 1. The molecule has 2 aromatic rings. The van der Waals surface area contributed by atoms with Crippen LogP contribution in [0.5, 0.6) is 11.5 Å². The maximum absolute atomic E-state index is 12.4. The molecular weight excluding hydrogens is 348 g/mol. The van der Waals surface area contributed by atoms with Gasteiger partial charge in [-0.05, 0) is 24.6 Å². The van der Waals surface area contributed by atoms with Gasteiger partial charge in [0.05, 0.1) is 32.3 Å². The number of methoxy groups -OCH3 is 2. The average molecular weight is 372 g/mol. The molecule has 1 aromatic heterocycles. The molecule has 0 saturated carbocycles. The summed E-state index contributed by atoms with van der Waals surface area (Å²) < 4.78 is 16.3. The summed E-state index contributed by atoms with van der Waals surface area (Å²) in [6.45, 7) is 4.75. The van der Waals surface area contributed by atoms with Gasteiger partial charge in [-0.25, -0.2) is 9.78 Å². The first-order valence-electron chi connectivity index (χ1n) is 8.98. The molecule has 0 unspecified atom stereocenters. The highest BCUT2D eigenvalue weighted by Gasteiger charge is 2.47. The highest BCUT2D eigenvalue weighted by molar-refractivity contribution is 5.71. The number of nitrogens with one attached hydrogen (secondary N) is 1. The Balaban J connectivity index is 1.46. The second-order valence-corrected chi connectivity index (χ2v) is 6.98. The van der Waals surface area contributed by atoms with Crippen LogP contribution in [0, 0.1) is 6.92 Å². The van der Waals surface area contributed by atoms with Crippen molar-refractivity contribution >= 4 is 6.09 Å². The lowest BCUT2D eigenvalue weighted by atomic mass is 10.1. The lowest BCUT2D eigenvalue weighted by Gasteiger charge is -2.22. The van der Waals surface area contributed by atoms with Crippen LogP contribution in [-0.2, 0) is 17.8 Å². The van der Waals surface area contributed by atoms with Gasteiger partial charge in [0.2, 0.25) is 0 Å². The van der Waals surface area contributed by atoms with Crippen molar-refractivity contribution in [1.82, 2.24) is 19.8 Å². The van der Waals surface area contributed by atoms with Crippen LogP contribution in [-0.4, -0.2) is 65.3 Å². The number of imidazole rings is 1. The lowest BCUT2D eigenvalue weighted by molar-refractivity contribution is 0.119. The molecule has 1 N–H and O–H groups in total. The predicted octanol–water partition coefficient (Wildman–Crippen LogP) is 1.94. The average Bonchev–Trinajstić information content (AvgIpc) is 3.32. The second-order valence-electron chi connectivity index (χ2n) is 6.98. The summed E-state index contributed by atoms with van der Waals surface area (Å²) in [6, 6.07) is 5.75. The molecule has 1 aromatic carbocycles. The molecule has 3 heterocycles. The number of rotatable bonds is 6. The highest BCUT2D eigenvalue weighted by Crippen LogP contribution is 2.32. The fourth-order valence-corrected chi connectivity index (χ4v) is 3.83. The molecule has 27 heavy (non-hydrogen) atoms. The van der Waals surface area contributed by atoms with Crippen molar-refractivity contribution in [3.8, 4) is 11.5 Å². The van der Waals surface area contributed by atoms with Gasteiger partial charge >= 0.3 is 6.09 Å². The van der Waals surface area contributed by atoms with E-state index in [0.29, 0.717) is 18.0 Å². The quantitative estimate of drug-likeness (QED) is 0.835. The summed E-state index contributed by atoms with van der Waals surface area (Å²) in [7, 11) is 3.21. The van der Waals surface area contributed by atoms with E-state index in [2.05, 4.69) is 14.9 Å². The van der Waals surface area contributed by atoms with Gasteiger partial charge in [-0.2, -0.15) is 0 Å². The molecular formula is C19H24N4O4. The summed E-state index contributed by atoms with van der Waals surface area (Å²) >= 11 is 0. The molecule has 4 rings (SSSR count). The molecule has 8 nitrogen and oxygen atoms in total.